The van der Waals surface area contributed by atoms with Crippen LogP contribution in [-0.2, 0) is 0 Å². The zero-order valence-electron chi connectivity index (χ0n) is 14.6. The van der Waals surface area contributed by atoms with Crippen molar-refractivity contribution < 1.29 is 0 Å². The molecular formula is C19H27N5. The Hall–Kier alpha value is -2.30. The standard InChI is InChI=1S/C19H27N5/c1-3-15(2)21-18-11-12-20-19(23-18)22-16-7-9-17(10-8-16)24-13-5-4-6-14-24/h7-12,15H,3-6,13-14H2,1-2H3,(H2,20,21,22,23). The molecule has 0 bridgehead atoms. The molecule has 0 spiro atoms. The van der Waals surface area contributed by atoms with Gasteiger partial charge in [0.2, 0.25) is 5.95 Å². The van der Waals surface area contributed by atoms with E-state index in [-0.39, 0.29) is 0 Å². The molecule has 5 nitrogen and oxygen atoms in total. The highest BCUT2D eigenvalue weighted by atomic mass is 15.1. The Labute approximate surface area is 144 Å². The van der Waals surface area contributed by atoms with Crippen molar-refractivity contribution in [1.82, 2.24) is 9.97 Å². The van der Waals surface area contributed by atoms with Crippen LogP contribution >= 0.6 is 0 Å². The maximum Gasteiger partial charge on any atom is 0.229 e. The lowest BCUT2D eigenvalue weighted by Gasteiger charge is -2.28. The molecule has 5 heteroatoms. The summed E-state index contributed by atoms with van der Waals surface area (Å²) in [5.74, 6) is 1.47. The minimum atomic E-state index is 0.400. The van der Waals surface area contributed by atoms with Crippen LogP contribution in [-0.4, -0.2) is 29.1 Å². The van der Waals surface area contributed by atoms with Gasteiger partial charge in [-0.05, 0) is 62.9 Å². The second-order valence-electron chi connectivity index (χ2n) is 6.44. The van der Waals surface area contributed by atoms with Crippen LogP contribution in [0.3, 0.4) is 0 Å². The van der Waals surface area contributed by atoms with Gasteiger partial charge in [-0.2, -0.15) is 4.98 Å². The second-order valence-corrected chi connectivity index (χ2v) is 6.44. The first-order valence-corrected chi connectivity index (χ1v) is 8.96. The largest absolute Gasteiger partial charge is 0.372 e. The molecule has 1 aromatic carbocycles. The Balaban J connectivity index is 1.64. The van der Waals surface area contributed by atoms with E-state index in [9.17, 15) is 0 Å². The number of rotatable bonds is 6. The average molecular weight is 325 g/mol. The number of piperidine rings is 1. The molecule has 1 aliphatic heterocycles. The van der Waals surface area contributed by atoms with Crippen LogP contribution in [0.2, 0.25) is 0 Å². The zero-order valence-corrected chi connectivity index (χ0v) is 14.6. The fraction of sp³-hybridized carbons (Fsp3) is 0.474. The Bertz CT molecular complexity index is 634. The molecule has 3 rings (SSSR count). The van der Waals surface area contributed by atoms with Crippen molar-refractivity contribution in [3.63, 3.8) is 0 Å². The molecular weight excluding hydrogens is 298 g/mol. The van der Waals surface area contributed by atoms with Gasteiger partial charge in [0.1, 0.15) is 5.82 Å². The SMILES string of the molecule is CCC(C)Nc1ccnc(Nc2ccc(N3CCCCC3)cc2)n1. The molecule has 1 fully saturated rings. The van der Waals surface area contributed by atoms with Gasteiger partial charge >= 0.3 is 0 Å². The number of nitrogens with one attached hydrogen (secondary N) is 2. The van der Waals surface area contributed by atoms with Crippen LogP contribution in [0.1, 0.15) is 39.5 Å². The van der Waals surface area contributed by atoms with Gasteiger partial charge in [-0.3, -0.25) is 0 Å². The number of anilines is 4. The summed E-state index contributed by atoms with van der Waals surface area (Å²) in [5.41, 5.74) is 2.31. The predicted molar refractivity (Wildman–Crippen MR) is 101 cm³/mol. The highest BCUT2D eigenvalue weighted by Crippen LogP contribution is 2.23. The second kappa shape index (κ2) is 7.99. The molecule has 1 unspecified atom stereocenters. The summed E-state index contributed by atoms with van der Waals surface area (Å²) in [5, 5.41) is 6.66. The number of nitrogens with zero attached hydrogens (tertiary/aromatic N) is 3. The van der Waals surface area contributed by atoms with Gasteiger partial charge in [-0.15, -0.1) is 0 Å². The van der Waals surface area contributed by atoms with Crippen molar-refractivity contribution in [2.45, 2.75) is 45.6 Å². The summed E-state index contributed by atoms with van der Waals surface area (Å²) >= 11 is 0. The lowest BCUT2D eigenvalue weighted by molar-refractivity contribution is 0.578. The van der Waals surface area contributed by atoms with E-state index in [2.05, 4.69) is 63.6 Å². The lowest BCUT2D eigenvalue weighted by atomic mass is 10.1. The number of aromatic nitrogens is 2. The van der Waals surface area contributed by atoms with E-state index in [4.69, 9.17) is 0 Å². The summed E-state index contributed by atoms with van der Waals surface area (Å²) in [6, 6.07) is 10.8. The van der Waals surface area contributed by atoms with Crippen LogP contribution in [0.25, 0.3) is 0 Å². The third kappa shape index (κ3) is 4.37. The van der Waals surface area contributed by atoms with Crippen LogP contribution in [0.4, 0.5) is 23.1 Å². The van der Waals surface area contributed by atoms with E-state index in [0.717, 1.165) is 17.9 Å². The molecule has 0 radical (unpaired) electrons. The van der Waals surface area contributed by atoms with E-state index in [1.54, 1.807) is 6.20 Å². The normalized spacial score (nSPS) is 15.8. The van der Waals surface area contributed by atoms with E-state index in [1.807, 2.05) is 6.07 Å². The first-order chi connectivity index (χ1) is 11.7. The van der Waals surface area contributed by atoms with Crippen molar-refractivity contribution in [2.24, 2.45) is 0 Å². The van der Waals surface area contributed by atoms with Gasteiger partial charge in [0.05, 0.1) is 0 Å². The topological polar surface area (TPSA) is 53.1 Å². The van der Waals surface area contributed by atoms with Crippen molar-refractivity contribution >= 4 is 23.1 Å². The summed E-state index contributed by atoms with van der Waals surface area (Å²) in [6.07, 6.45) is 6.79. The molecule has 2 aromatic rings. The molecule has 0 aliphatic carbocycles. The molecule has 1 saturated heterocycles. The Morgan fingerprint density at radius 1 is 1.08 bits per heavy atom. The Morgan fingerprint density at radius 3 is 2.54 bits per heavy atom. The van der Waals surface area contributed by atoms with Gasteiger partial charge in [0.25, 0.3) is 0 Å². The first-order valence-electron chi connectivity index (χ1n) is 8.96. The minimum Gasteiger partial charge on any atom is -0.372 e. The highest BCUT2D eigenvalue weighted by molar-refractivity contribution is 5.60. The maximum absolute atomic E-state index is 4.52. The van der Waals surface area contributed by atoms with E-state index < -0.39 is 0 Å². The monoisotopic (exact) mass is 325 g/mol. The number of hydrogen-bond donors (Lipinski definition) is 2. The van der Waals surface area contributed by atoms with E-state index in [0.29, 0.717) is 12.0 Å². The molecule has 24 heavy (non-hydrogen) atoms. The van der Waals surface area contributed by atoms with Crippen LogP contribution < -0.4 is 15.5 Å². The summed E-state index contributed by atoms with van der Waals surface area (Å²) in [7, 11) is 0. The van der Waals surface area contributed by atoms with Crippen molar-refractivity contribution in [1.29, 1.82) is 0 Å². The van der Waals surface area contributed by atoms with Crippen molar-refractivity contribution in [3.8, 4) is 0 Å². The quantitative estimate of drug-likeness (QED) is 0.823. The van der Waals surface area contributed by atoms with Gasteiger partial charge in [-0.1, -0.05) is 6.92 Å². The molecule has 1 aliphatic rings. The summed E-state index contributed by atoms with van der Waals surface area (Å²) in [4.78, 5) is 11.3. The molecule has 1 aromatic heterocycles. The molecule has 1 atom stereocenters. The van der Waals surface area contributed by atoms with Crippen molar-refractivity contribution in [3.05, 3.63) is 36.5 Å². The van der Waals surface area contributed by atoms with Gasteiger partial charge in [0, 0.05) is 36.7 Å². The van der Waals surface area contributed by atoms with Crippen LogP contribution in [0, 0.1) is 0 Å². The smallest absolute Gasteiger partial charge is 0.229 e. The summed E-state index contributed by atoms with van der Waals surface area (Å²) < 4.78 is 0. The predicted octanol–water partition coefficient (Wildman–Crippen LogP) is 4.42. The first kappa shape index (κ1) is 16.6. The number of hydrogen-bond acceptors (Lipinski definition) is 5. The third-order valence-electron chi connectivity index (χ3n) is 4.51. The molecule has 0 amide bonds. The minimum absolute atomic E-state index is 0.400. The van der Waals surface area contributed by atoms with E-state index in [1.165, 1.54) is 38.0 Å². The molecule has 0 saturated carbocycles. The van der Waals surface area contributed by atoms with Gasteiger partial charge in [0.15, 0.2) is 0 Å². The van der Waals surface area contributed by atoms with Gasteiger partial charge in [-0.25, -0.2) is 4.98 Å². The molecule has 128 valence electrons. The Kier molecular flexibility index (Phi) is 5.51. The molecule has 2 N–H and O–H groups in total. The van der Waals surface area contributed by atoms with E-state index >= 15 is 0 Å². The zero-order chi connectivity index (χ0) is 16.8. The third-order valence-corrected chi connectivity index (χ3v) is 4.51. The van der Waals surface area contributed by atoms with Crippen LogP contribution in [0.5, 0.6) is 0 Å². The lowest BCUT2D eigenvalue weighted by Crippen LogP contribution is -2.29. The van der Waals surface area contributed by atoms with Gasteiger partial charge < -0.3 is 15.5 Å². The van der Waals surface area contributed by atoms with Crippen molar-refractivity contribution in [2.75, 3.05) is 28.6 Å². The maximum atomic E-state index is 4.52. The average Bonchev–Trinajstić information content (AvgIpc) is 2.63. The molecule has 2 heterocycles. The fourth-order valence-corrected chi connectivity index (χ4v) is 2.89. The summed E-state index contributed by atoms with van der Waals surface area (Å²) in [6.45, 7) is 6.63. The Morgan fingerprint density at radius 2 is 1.83 bits per heavy atom. The number of benzene rings is 1. The fourth-order valence-electron chi connectivity index (χ4n) is 2.89. The van der Waals surface area contributed by atoms with Crippen LogP contribution in [0.15, 0.2) is 36.5 Å². The highest BCUT2D eigenvalue weighted by Gasteiger charge is 2.10.